The highest BCUT2D eigenvalue weighted by atomic mass is 32.1. The molecule has 0 unspecified atom stereocenters. The molecule has 0 saturated heterocycles. The molecule has 0 aliphatic carbocycles. The van der Waals surface area contributed by atoms with Gasteiger partial charge in [0.05, 0.1) is 21.8 Å². The quantitative estimate of drug-likeness (QED) is 0.780. The fourth-order valence-electron chi connectivity index (χ4n) is 1.75. The number of fused-ring (bicyclic) bond motifs is 1. The summed E-state index contributed by atoms with van der Waals surface area (Å²) in [6, 6.07) is 6.11. The second-order valence-electron chi connectivity index (χ2n) is 4.33. The lowest BCUT2D eigenvalue weighted by Gasteiger charge is -2.04. The summed E-state index contributed by atoms with van der Waals surface area (Å²) in [7, 11) is 0. The fraction of sp³-hybridized carbons (Fsp3) is 0.500. The molecule has 0 atom stereocenters. The molecule has 4 heteroatoms. The van der Waals surface area contributed by atoms with Crippen LogP contribution in [0.1, 0.15) is 31.2 Å². The lowest BCUT2D eigenvalue weighted by atomic mass is 10.2. The summed E-state index contributed by atoms with van der Waals surface area (Å²) in [5, 5.41) is 1.23. The van der Waals surface area contributed by atoms with Crippen LogP contribution in [-0.2, 0) is 6.42 Å². The van der Waals surface area contributed by atoms with Crippen molar-refractivity contribution in [1.82, 2.24) is 4.98 Å². The molecule has 0 aliphatic heterocycles. The average molecular weight is 264 g/mol. The first kappa shape index (κ1) is 13.3. The van der Waals surface area contributed by atoms with Crippen LogP contribution in [0.25, 0.3) is 10.2 Å². The van der Waals surface area contributed by atoms with Crippen molar-refractivity contribution in [2.45, 2.75) is 32.6 Å². The Morgan fingerprint density at radius 1 is 1.33 bits per heavy atom. The third-order valence-electron chi connectivity index (χ3n) is 2.77. The van der Waals surface area contributed by atoms with E-state index in [1.165, 1.54) is 22.5 Å². The molecule has 98 valence electrons. The van der Waals surface area contributed by atoms with Gasteiger partial charge in [-0.1, -0.05) is 13.3 Å². The van der Waals surface area contributed by atoms with Gasteiger partial charge in [-0.2, -0.15) is 0 Å². The van der Waals surface area contributed by atoms with Crippen LogP contribution < -0.4 is 10.5 Å². The Hall–Kier alpha value is -1.13. The van der Waals surface area contributed by atoms with Crippen LogP contribution in [0.5, 0.6) is 5.75 Å². The largest absolute Gasteiger partial charge is 0.493 e. The summed E-state index contributed by atoms with van der Waals surface area (Å²) >= 11 is 1.77. The summed E-state index contributed by atoms with van der Waals surface area (Å²) in [4.78, 5) is 4.63. The first-order valence-electron chi connectivity index (χ1n) is 6.56. The van der Waals surface area contributed by atoms with Crippen molar-refractivity contribution >= 4 is 21.6 Å². The van der Waals surface area contributed by atoms with E-state index in [2.05, 4.69) is 18.0 Å². The van der Waals surface area contributed by atoms with Gasteiger partial charge in [0.2, 0.25) is 0 Å². The summed E-state index contributed by atoms with van der Waals surface area (Å²) in [6.07, 6.45) is 4.39. The highest BCUT2D eigenvalue weighted by molar-refractivity contribution is 7.18. The van der Waals surface area contributed by atoms with Crippen LogP contribution in [0, 0.1) is 0 Å². The first-order valence-corrected chi connectivity index (χ1v) is 7.37. The Morgan fingerprint density at radius 3 is 3.00 bits per heavy atom. The van der Waals surface area contributed by atoms with Gasteiger partial charge in [-0.25, -0.2) is 4.98 Å². The maximum atomic E-state index is 5.64. The number of nitrogens with two attached hydrogens (primary N) is 1. The highest BCUT2D eigenvalue weighted by Gasteiger charge is 2.05. The molecule has 2 N–H and O–H groups in total. The van der Waals surface area contributed by atoms with E-state index in [9.17, 15) is 0 Å². The molecule has 0 amide bonds. The molecule has 0 fully saturated rings. The van der Waals surface area contributed by atoms with E-state index >= 15 is 0 Å². The Balaban J connectivity index is 2.07. The molecule has 0 bridgehead atoms. The molecule has 0 saturated carbocycles. The molecular formula is C14H20N2OS. The Morgan fingerprint density at radius 2 is 2.22 bits per heavy atom. The van der Waals surface area contributed by atoms with Crippen molar-refractivity contribution in [2.75, 3.05) is 13.2 Å². The van der Waals surface area contributed by atoms with E-state index < -0.39 is 0 Å². The second-order valence-corrected chi connectivity index (χ2v) is 5.45. The number of nitrogens with zero attached hydrogens (tertiary/aromatic N) is 1. The standard InChI is InChI=1S/C14H20N2OS/c1-2-3-5-14-16-12-7-6-11(10-13(12)18-14)17-9-4-8-15/h6-7,10H,2-5,8-9,15H2,1H3. The number of benzene rings is 1. The number of rotatable bonds is 7. The molecular weight excluding hydrogens is 244 g/mol. The Labute approximate surface area is 112 Å². The Kier molecular flexibility index (Phi) is 4.96. The lowest BCUT2D eigenvalue weighted by Crippen LogP contribution is -2.05. The molecule has 3 nitrogen and oxygen atoms in total. The van der Waals surface area contributed by atoms with Gasteiger partial charge < -0.3 is 10.5 Å². The van der Waals surface area contributed by atoms with Crippen molar-refractivity contribution in [3.63, 3.8) is 0 Å². The molecule has 1 heterocycles. The van der Waals surface area contributed by atoms with Crippen molar-refractivity contribution < 1.29 is 4.74 Å². The SMILES string of the molecule is CCCCc1nc2ccc(OCCCN)cc2s1. The molecule has 1 aromatic carbocycles. The number of hydrogen-bond acceptors (Lipinski definition) is 4. The smallest absolute Gasteiger partial charge is 0.120 e. The average Bonchev–Trinajstić information content (AvgIpc) is 2.78. The summed E-state index contributed by atoms with van der Waals surface area (Å²) < 4.78 is 6.86. The number of ether oxygens (including phenoxy) is 1. The van der Waals surface area contributed by atoms with Crippen LogP contribution in [-0.4, -0.2) is 18.1 Å². The van der Waals surface area contributed by atoms with Crippen LogP contribution in [0.15, 0.2) is 18.2 Å². The van der Waals surface area contributed by atoms with Gasteiger partial charge in [0, 0.05) is 0 Å². The zero-order valence-electron chi connectivity index (χ0n) is 10.8. The molecule has 0 spiro atoms. The highest BCUT2D eigenvalue weighted by Crippen LogP contribution is 2.27. The minimum Gasteiger partial charge on any atom is -0.493 e. The van der Waals surface area contributed by atoms with Gasteiger partial charge in [0.15, 0.2) is 0 Å². The van der Waals surface area contributed by atoms with Crippen molar-refractivity contribution in [2.24, 2.45) is 5.73 Å². The number of unbranched alkanes of at least 4 members (excludes halogenated alkanes) is 1. The lowest BCUT2D eigenvalue weighted by molar-refractivity contribution is 0.314. The Bertz CT molecular complexity index is 495. The summed E-state index contributed by atoms with van der Waals surface area (Å²) in [5.74, 6) is 0.918. The predicted molar refractivity (Wildman–Crippen MR) is 77.4 cm³/mol. The fourth-order valence-corrected chi connectivity index (χ4v) is 2.79. The number of aromatic nitrogens is 1. The van der Waals surface area contributed by atoms with E-state index in [4.69, 9.17) is 10.5 Å². The van der Waals surface area contributed by atoms with Crippen molar-refractivity contribution in [3.05, 3.63) is 23.2 Å². The van der Waals surface area contributed by atoms with Gasteiger partial charge in [-0.05, 0) is 44.0 Å². The predicted octanol–water partition coefficient (Wildman–Crippen LogP) is 3.37. The molecule has 2 aromatic rings. The summed E-state index contributed by atoms with van der Waals surface area (Å²) in [6.45, 7) is 3.56. The molecule has 18 heavy (non-hydrogen) atoms. The van der Waals surface area contributed by atoms with Gasteiger partial charge in [-0.3, -0.25) is 0 Å². The topological polar surface area (TPSA) is 48.1 Å². The monoisotopic (exact) mass is 264 g/mol. The number of hydrogen-bond donors (Lipinski definition) is 1. The van der Waals surface area contributed by atoms with Gasteiger partial charge >= 0.3 is 0 Å². The number of thiazole rings is 1. The van der Waals surface area contributed by atoms with Crippen LogP contribution in [0.3, 0.4) is 0 Å². The zero-order chi connectivity index (χ0) is 12.8. The summed E-state index contributed by atoms with van der Waals surface area (Å²) in [5.41, 5.74) is 6.53. The zero-order valence-corrected chi connectivity index (χ0v) is 11.6. The van der Waals surface area contributed by atoms with Crippen molar-refractivity contribution in [3.8, 4) is 5.75 Å². The van der Waals surface area contributed by atoms with Crippen LogP contribution in [0.2, 0.25) is 0 Å². The van der Waals surface area contributed by atoms with Gasteiger partial charge in [-0.15, -0.1) is 11.3 Å². The first-order chi connectivity index (χ1) is 8.83. The third-order valence-corrected chi connectivity index (χ3v) is 3.84. The van der Waals surface area contributed by atoms with E-state index in [1.54, 1.807) is 11.3 Å². The minimum atomic E-state index is 0.671. The van der Waals surface area contributed by atoms with Crippen LogP contribution in [0.4, 0.5) is 0 Å². The molecule has 2 rings (SSSR count). The van der Waals surface area contributed by atoms with E-state index in [1.807, 2.05) is 12.1 Å². The van der Waals surface area contributed by atoms with E-state index in [0.29, 0.717) is 13.2 Å². The second kappa shape index (κ2) is 6.71. The molecule has 0 radical (unpaired) electrons. The maximum Gasteiger partial charge on any atom is 0.120 e. The molecule has 0 aliphatic rings. The van der Waals surface area contributed by atoms with Gasteiger partial charge in [0.25, 0.3) is 0 Å². The number of aryl methyl sites for hydroxylation is 1. The maximum absolute atomic E-state index is 5.64. The normalized spacial score (nSPS) is 11.0. The van der Waals surface area contributed by atoms with E-state index in [-0.39, 0.29) is 0 Å². The minimum absolute atomic E-state index is 0.671. The van der Waals surface area contributed by atoms with E-state index in [0.717, 1.165) is 24.1 Å². The van der Waals surface area contributed by atoms with Gasteiger partial charge in [0.1, 0.15) is 5.75 Å². The van der Waals surface area contributed by atoms with Crippen LogP contribution >= 0.6 is 11.3 Å². The third kappa shape index (κ3) is 3.43. The van der Waals surface area contributed by atoms with Crippen molar-refractivity contribution in [1.29, 1.82) is 0 Å². The molecule has 1 aromatic heterocycles.